The molecule has 0 atom stereocenters. The molecule has 82 valence electrons. The zero-order valence-corrected chi connectivity index (χ0v) is 9.28. The lowest BCUT2D eigenvalue weighted by molar-refractivity contribution is -0.293. The molecule has 1 aromatic carbocycles. The average molecular weight is 208 g/mol. The molecule has 0 saturated heterocycles. The Labute approximate surface area is 89.9 Å². The van der Waals surface area contributed by atoms with E-state index in [1.54, 1.807) is 21.0 Å². The molecular formula is C12H16O3. The number of ether oxygens (including phenoxy) is 1. The predicted octanol–water partition coefficient (Wildman–Crippen LogP) is 2.98. The Balaban J connectivity index is 2.92. The minimum Gasteiger partial charge on any atom is -0.497 e. The van der Waals surface area contributed by atoms with E-state index in [9.17, 15) is 0 Å². The Hall–Kier alpha value is -1.32. The van der Waals surface area contributed by atoms with Crippen molar-refractivity contribution in [2.24, 2.45) is 0 Å². The molecule has 0 aliphatic carbocycles. The molecular weight excluding hydrogens is 192 g/mol. The van der Waals surface area contributed by atoms with Gasteiger partial charge in [-0.2, -0.15) is 0 Å². The van der Waals surface area contributed by atoms with Gasteiger partial charge in [0.05, 0.1) is 7.11 Å². The van der Waals surface area contributed by atoms with Gasteiger partial charge in [0.15, 0.2) is 0 Å². The van der Waals surface area contributed by atoms with Gasteiger partial charge in [-0.3, -0.25) is 5.26 Å². The van der Waals surface area contributed by atoms with E-state index in [0.29, 0.717) is 5.57 Å². The summed E-state index contributed by atoms with van der Waals surface area (Å²) in [5.74, 6) is 0.786. The smallest absolute Gasteiger partial charge is 0.123 e. The second-order valence-corrected chi connectivity index (χ2v) is 3.81. The second-order valence-electron chi connectivity index (χ2n) is 3.81. The van der Waals surface area contributed by atoms with Crippen molar-refractivity contribution in [2.45, 2.75) is 19.4 Å². The number of rotatable bonds is 4. The number of hydrogen-bond donors (Lipinski definition) is 1. The van der Waals surface area contributed by atoms with Crippen LogP contribution in [0.25, 0.3) is 5.57 Å². The number of hydrogen-bond acceptors (Lipinski definition) is 3. The summed E-state index contributed by atoms with van der Waals surface area (Å²) in [7, 11) is 1.62. The van der Waals surface area contributed by atoms with Crippen molar-refractivity contribution < 1.29 is 14.9 Å². The quantitative estimate of drug-likeness (QED) is 0.610. The Morgan fingerprint density at radius 1 is 1.27 bits per heavy atom. The van der Waals surface area contributed by atoms with E-state index in [4.69, 9.17) is 9.99 Å². The van der Waals surface area contributed by atoms with E-state index in [2.05, 4.69) is 11.5 Å². The fourth-order valence-electron chi connectivity index (χ4n) is 1.19. The molecule has 0 fully saturated rings. The van der Waals surface area contributed by atoms with Crippen LogP contribution in [0.1, 0.15) is 19.4 Å². The van der Waals surface area contributed by atoms with Crippen molar-refractivity contribution in [3.63, 3.8) is 0 Å². The summed E-state index contributed by atoms with van der Waals surface area (Å²) < 4.78 is 5.05. The van der Waals surface area contributed by atoms with Gasteiger partial charge in [-0.1, -0.05) is 18.7 Å². The first-order valence-electron chi connectivity index (χ1n) is 4.67. The third-order valence-corrected chi connectivity index (χ3v) is 2.39. The van der Waals surface area contributed by atoms with Gasteiger partial charge in [0.1, 0.15) is 11.4 Å². The first kappa shape index (κ1) is 11.8. The van der Waals surface area contributed by atoms with E-state index in [1.807, 2.05) is 24.3 Å². The van der Waals surface area contributed by atoms with E-state index < -0.39 is 5.60 Å². The summed E-state index contributed by atoms with van der Waals surface area (Å²) in [5.41, 5.74) is 0.844. The molecule has 0 aliphatic rings. The first-order valence-corrected chi connectivity index (χ1v) is 4.67. The minimum absolute atomic E-state index is 0.715. The van der Waals surface area contributed by atoms with Gasteiger partial charge < -0.3 is 4.74 Å². The molecule has 15 heavy (non-hydrogen) atoms. The third kappa shape index (κ3) is 2.58. The van der Waals surface area contributed by atoms with Crippen molar-refractivity contribution in [1.82, 2.24) is 0 Å². The summed E-state index contributed by atoms with van der Waals surface area (Å²) in [6.07, 6.45) is 0. The largest absolute Gasteiger partial charge is 0.497 e. The van der Waals surface area contributed by atoms with Crippen LogP contribution in [0.15, 0.2) is 30.8 Å². The van der Waals surface area contributed by atoms with Crippen molar-refractivity contribution >= 4 is 5.57 Å². The predicted molar refractivity (Wildman–Crippen MR) is 59.8 cm³/mol. The van der Waals surface area contributed by atoms with E-state index in [0.717, 1.165) is 11.3 Å². The van der Waals surface area contributed by atoms with E-state index in [-0.39, 0.29) is 0 Å². The molecule has 3 heteroatoms. The maximum atomic E-state index is 8.74. The van der Waals surface area contributed by atoms with Crippen molar-refractivity contribution in [1.29, 1.82) is 0 Å². The summed E-state index contributed by atoms with van der Waals surface area (Å²) in [4.78, 5) is 4.38. The van der Waals surface area contributed by atoms with Crippen LogP contribution in [0.4, 0.5) is 0 Å². The van der Waals surface area contributed by atoms with Crippen molar-refractivity contribution in [3.05, 3.63) is 36.4 Å². The maximum absolute atomic E-state index is 8.74. The van der Waals surface area contributed by atoms with Crippen LogP contribution in [-0.2, 0) is 4.89 Å². The fourth-order valence-corrected chi connectivity index (χ4v) is 1.19. The zero-order chi connectivity index (χ0) is 11.5. The zero-order valence-electron chi connectivity index (χ0n) is 9.28. The summed E-state index contributed by atoms with van der Waals surface area (Å²) in [5, 5.41) is 8.74. The van der Waals surface area contributed by atoms with Crippen LogP contribution in [0.5, 0.6) is 5.75 Å². The van der Waals surface area contributed by atoms with Gasteiger partial charge in [-0.05, 0) is 37.1 Å². The fraction of sp³-hybridized carbons (Fsp3) is 0.333. The van der Waals surface area contributed by atoms with E-state index >= 15 is 0 Å². The van der Waals surface area contributed by atoms with E-state index in [1.165, 1.54) is 0 Å². The Kier molecular flexibility index (Phi) is 3.50. The molecule has 1 aromatic rings. The molecule has 3 nitrogen and oxygen atoms in total. The Bertz CT molecular complexity index is 338. The van der Waals surface area contributed by atoms with Crippen LogP contribution in [0, 0.1) is 0 Å². The maximum Gasteiger partial charge on any atom is 0.123 e. The molecule has 1 N–H and O–H groups in total. The summed E-state index contributed by atoms with van der Waals surface area (Å²) in [6, 6.07) is 7.44. The van der Waals surface area contributed by atoms with Gasteiger partial charge >= 0.3 is 0 Å². The molecule has 1 rings (SSSR count). The van der Waals surface area contributed by atoms with Gasteiger partial charge in [0.2, 0.25) is 0 Å². The molecule has 0 aromatic heterocycles. The van der Waals surface area contributed by atoms with Crippen LogP contribution in [-0.4, -0.2) is 18.0 Å². The van der Waals surface area contributed by atoms with Crippen molar-refractivity contribution in [3.8, 4) is 5.75 Å². The van der Waals surface area contributed by atoms with Crippen LogP contribution in [0.3, 0.4) is 0 Å². The molecule has 0 heterocycles. The highest BCUT2D eigenvalue weighted by Crippen LogP contribution is 2.28. The molecule has 0 unspecified atom stereocenters. The third-order valence-electron chi connectivity index (χ3n) is 2.39. The lowest BCUT2D eigenvalue weighted by Crippen LogP contribution is -2.23. The lowest BCUT2D eigenvalue weighted by Gasteiger charge is -2.23. The SMILES string of the molecule is C=C(c1ccc(OC)cc1)C(C)(C)OO. The van der Waals surface area contributed by atoms with Gasteiger partial charge in [-0.25, -0.2) is 4.89 Å². The van der Waals surface area contributed by atoms with Crippen LogP contribution < -0.4 is 4.74 Å². The lowest BCUT2D eigenvalue weighted by atomic mass is 9.93. The molecule has 0 saturated carbocycles. The molecule has 0 bridgehead atoms. The molecule has 0 radical (unpaired) electrons. The van der Waals surface area contributed by atoms with Crippen molar-refractivity contribution in [2.75, 3.05) is 7.11 Å². The van der Waals surface area contributed by atoms with Gasteiger partial charge in [0, 0.05) is 0 Å². The highest BCUT2D eigenvalue weighted by atomic mass is 17.1. The second kappa shape index (κ2) is 4.47. The summed E-state index contributed by atoms with van der Waals surface area (Å²) in [6.45, 7) is 7.40. The average Bonchev–Trinajstić information content (AvgIpc) is 2.28. The highest BCUT2D eigenvalue weighted by Gasteiger charge is 2.23. The minimum atomic E-state index is -0.783. The van der Waals surface area contributed by atoms with Crippen LogP contribution >= 0.6 is 0 Å². The Morgan fingerprint density at radius 3 is 2.20 bits per heavy atom. The highest BCUT2D eigenvalue weighted by molar-refractivity contribution is 5.69. The van der Waals surface area contributed by atoms with Gasteiger partial charge in [-0.15, -0.1) is 0 Å². The molecule has 0 amide bonds. The van der Waals surface area contributed by atoms with Gasteiger partial charge in [0.25, 0.3) is 0 Å². The monoisotopic (exact) mass is 208 g/mol. The van der Waals surface area contributed by atoms with Crippen LogP contribution in [0.2, 0.25) is 0 Å². The summed E-state index contributed by atoms with van der Waals surface area (Å²) >= 11 is 0. The Morgan fingerprint density at radius 2 is 1.80 bits per heavy atom. The topological polar surface area (TPSA) is 38.7 Å². The number of benzene rings is 1. The molecule has 0 aliphatic heterocycles. The molecule has 0 spiro atoms. The first-order chi connectivity index (χ1) is 7.01. The number of methoxy groups -OCH3 is 1. The standard InChI is InChI=1S/C12H16O3/c1-9(12(2,3)15-13)10-5-7-11(14-4)8-6-10/h5-8,13H,1H2,2-4H3. The normalized spacial score (nSPS) is 11.2.